The van der Waals surface area contributed by atoms with Gasteiger partial charge in [0.25, 0.3) is 0 Å². The third-order valence-electron chi connectivity index (χ3n) is 3.05. The van der Waals surface area contributed by atoms with Crippen molar-refractivity contribution >= 4 is 21.6 Å². The van der Waals surface area contributed by atoms with Gasteiger partial charge in [0.1, 0.15) is 6.07 Å². The number of nitrogens with zero attached hydrogens (tertiary/aromatic N) is 2. The zero-order chi connectivity index (χ0) is 14.8. The summed E-state index contributed by atoms with van der Waals surface area (Å²) < 4.78 is 31.4. The average Bonchev–Trinajstić information content (AvgIpc) is 2.47. The lowest BCUT2D eigenvalue weighted by atomic mass is 10.2. The number of aliphatic hydroxyl groups is 1. The fourth-order valence-electron chi connectivity index (χ4n) is 1.98. The van der Waals surface area contributed by atoms with Crippen molar-refractivity contribution in [3.63, 3.8) is 0 Å². The minimum atomic E-state index is -3.77. The van der Waals surface area contributed by atoms with Crippen molar-refractivity contribution in [2.24, 2.45) is 0 Å². The van der Waals surface area contributed by atoms with Gasteiger partial charge in [-0.25, -0.2) is 8.42 Å². The highest BCUT2D eigenvalue weighted by Gasteiger charge is 2.33. The number of ether oxygens (including phenoxy) is 1. The molecule has 2 rings (SSSR count). The van der Waals surface area contributed by atoms with E-state index in [0.29, 0.717) is 0 Å². The molecular formula is C12H13ClN2O4S. The van der Waals surface area contributed by atoms with Crippen LogP contribution in [0.25, 0.3) is 0 Å². The van der Waals surface area contributed by atoms with E-state index in [1.165, 1.54) is 22.5 Å². The Balaban J connectivity index is 2.39. The van der Waals surface area contributed by atoms with Gasteiger partial charge in [-0.3, -0.25) is 0 Å². The second kappa shape index (κ2) is 6.08. The number of morpholine rings is 1. The van der Waals surface area contributed by atoms with Gasteiger partial charge in [0.15, 0.2) is 0 Å². The van der Waals surface area contributed by atoms with E-state index in [0.717, 1.165) is 0 Å². The van der Waals surface area contributed by atoms with Gasteiger partial charge in [-0.05, 0) is 18.2 Å². The predicted octanol–water partition coefficient (Wildman–Crippen LogP) is 0.593. The van der Waals surface area contributed by atoms with Crippen LogP contribution in [-0.2, 0) is 14.8 Å². The van der Waals surface area contributed by atoms with Gasteiger partial charge >= 0.3 is 0 Å². The summed E-state index contributed by atoms with van der Waals surface area (Å²) in [5.74, 6) is 0. The third kappa shape index (κ3) is 2.80. The molecule has 1 aliphatic rings. The first-order chi connectivity index (χ1) is 9.50. The van der Waals surface area contributed by atoms with Gasteiger partial charge < -0.3 is 9.84 Å². The number of sulfonamides is 1. The van der Waals surface area contributed by atoms with Crippen molar-refractivity contribution in [3.8, 4) is 6.07 Å². The smallest absolute Gasteiger partial charge is 0.243 e. The maximum Gasteiger partial charge on any atom is 0.243 e. The molecule has 0 radical (unpaired) electrons. The molecule has 0 spiro atoms. The molecule has 1 atom stereocenters. The van der Waals surface area contributed by atoms with E-state index < -0.39 is 16.1 Å². The molecule has 0 aliphatic carbocycles. The highest BCUT2D eigenvalue weighted by Crippen LogP contribution is 2.25. The zero-order valence-electron chi connectivity index (χ0n) is 10.5. The number of nitriles is 1. The summed E-state index contributed by atoms with van der Waals surface area (Å²) in [4.78, 5) is 0.00171. The summed E-state index contributed by atoms with van der Waals surface area (Å²) in [6.45, 7) is 0.286. The topological polar surface area (TPSA) is 90.6 Å². The fourth-order valence-corrected chi connectivity index (χ4v) is 3.88. The van der Waals surface area contributed by atoms with Gasteiger partial charge in [-0.15, -0.1) is 0 Å². The Hall–Kier alpha value is -1.17. The van der Waals surface area contributed by atoms with Crippen molar-refractivity contribution < 1.29 is 18.3 Å². The zero-order valence-corrected chi connectivity index (χ0v) is 12.1. The van der Waals surface area contributed by atoms with Crippen LogP contribution in [0.3, 0.4) is 0 Å². The van der Waals surface area contributed by atoms with Crippen LogP contribution in [0.5, 0.6) is 0 Å². The normalized spacial score (nSPS) is 20.6. The number of hydrogen-bond donors (Lipinski definition) is 1. The highest BCUT2D eigenvalue weighted by molar-refractivity contribution is 7.89. The molecule has 1 fully saturated rings. The van der Waals surface area contributed by atoms with Crippen LogP contribution in [0.1, 0.15) is 5.56 Å². The fraction of sp³-hybridized carbons (Fsp3) is 0.417. The molecule has 8 heteroatoms. The Bertz CT molecular complexity index is 641. The number of hydrogen-bond acceptors (Lipinski definition) is 5. The number of benzene rings is 1. The number of aliphatic hydroxyl groups excluding tert-OH is 1. The van der Waals surface area contributed by atoms with Gasteiger partial charge in [0.05, 0.1) is 41.3 Å². The van der Waals surface area contributed by atoms with Crippen molar-refractivity contribution in [2.45, 2.75) is 10.9 Å². The van der Waals surface area contributed by atoms with Crippen LogP contribution < -0.4 is 0 Å². The van der Waals surface area contributed by atoms with Crippen LogP contribution in [0.15, 0.2) is 23.1 Å². The summed E-state index contributed by atoms with van der Waals surface area (Å²) in [6, 6.07) is 5.22. The van der Waals surface area contributed by atoms with Gasteiger partial charge in [-0.2, -0.15) is 9.57 Å². The van der Waals surface area contributed by atoms with Crippen LogP contribution in [0.2, 0.25) is 5.02 Å². The van der Waals surface area contributed by atoms with Gasteiger partial charge in [0.2, 0.25) is 10.0 Å². The maximum atomic E-state index is 12.5. The molecule has 1 N–H and O–H groups in total. The quantitative estimate of drug-likeness (QED) is 0.881. The SMILES string of the molecule is N#Cc1ccc(S(=O)(=O)N2CCOCC2CO)cc1Cl. The Morgan fingerprint density at radius 2 is 2.30 bits per heavy atom. The molecule has 0 bridgehead atoms. The van der Waals surface area contributed by atoms with E-state index in [4.69, 9.17) is 21.6 Å². The van der Waals surface area contributed by atoms with E-state index in [1.54, 1.807) is 0 Å². The maximum absolute atomic E-state index is 12.5. The molecule has 1 heterocycles. The number of halogens is 1. The lowest BCUT2D eigenvalue weighted by Gasteiger charge is -2.33. The monoisotopic (exact) mass is 316 g/mol. The molecule has 0 amide bonds. The Kier molecular flexibility index (Phi) is 4.62. The van der Waals surface area contributed by atoms with Crippen LogP contribution >= 0.6 is 11.6 Å². The molecule has 1 unspecified atom stereocenters. The van der Waals surface area contributed by atoms with E-state index in [-0.39, 0.29) is 41.8 Å². The second-order valence-electron chi connectivity index (χ2n) is 4.28. The standard InChI is InChI=1S/C12H13ClN2O4S/c13-12-5-11(2-1-9(12)6-14)20(17,18)15-3-4-19-8-10(15)7-16/h1-2,5,10,16H,3-4,7-8H2. The molecule has 0 aromatic heterocycles. The van der Waals surface area contributed by atoms with E-state index in [9.17, 15) is 13.5 Å². The molecule has 20 heavy (non-hydrogen) atoms. The van der Waals surface area contributed by atoms with E-state index in [1.807, 2.05) is 6.07 Å². The largest absolute Gasteiger partial charge is 0.395 e. The minimum absolute atomic E-state index is 0.00171. The molecule has 1 aromatic carbocycles. The van der Waals surface area contributed by atoms with Crippen molar-refractivity contribution in [1.29, 1.82) is 5.26 Å². The minimum Gasteiger partial charge on any atom is -0.395 e. The Morgan fingerprint density at radius 1 is 1.55 bits per heavy atom. The summed E-state index contributed by atoms with van der Waals surface area (Å²) >= 11 is 5.87. The number of rotatable bonds is 3. The van der Waals surface area contributed by atoms with Gasteiger partial charge in [-0.1, -0.05) is 11.6 Å². The molecule has 0 saturated carbocycles. The molecule has 1 aliphatic heterocycles. The first-order valence-corrected chi connectivity index (χ1v) is 7.72. The lowest BCUT2D eigenvalue weighted by Crippen LogP contribution is -2.50. The second-order valence-corrected chi connectivity index (χ2v) is 6.58. The molecular weight excluding hydrogens is 304 g/mol. The molecule has 1 aromatic rings. The lowest BCUT2D eigenvalue weighted by molar-refractivity contribution is 0.0109. The van der Waals surface area contributed by atoms with E-state index >= 15 is 0 Å². The van der Waals surface area contributed by atoms with Crippen LogP contribution in [0.4, 0.5) is 0 Å². The van der Waals surface area contributed by atoms with Crippen LogP contribution in [-0.4, -0.2) is 50.2 Å². The van der Waals surface area contributed by atoms with Crippen molar-refractivity contribution in [1.82, 2.24) is 4.31 Å². The first-order valence-electron chi connectivity index (χ1n) is 5.91. The summed E-state index contributed by atoms with van der Waals surface area (Å²) in [5, 5.41) is 18.1. The van der Waals surface area contributed by atoms with Crippen molar-refractivity contribution in [3.05, 3.63) is 28.8 Å². The van der Waals surface area contributed by atoms with Crippen molar-refractivity contribution in [2.75, 3.05) is 26.4 Å². The average molecular weight is 317 g/mol. The van der Waals surface area contributed by atoms with E-state index in [2.05, 4.69) is 0 Å². The third-order valence-corrected chi connectivity index (χ3v) is 5.31. The van der Waals surface area contributed by atoms with Gasteiger partial charge in [0, 0.05) is 6.54 Å². The summed E-state index contributed by atoms with van der Waals surface area (Å²) in [7, 11) is -3.77. The Morgan fingerprint density at radius 3 is 2.90 bits per heavy atom. The highest BCUT2D eigenvalue weighted by atomic mass is 35.5. The predicted molar refractivity (Wildman–Crippen MR) is 71.8 cm³/mol. The molecule has 1 saturated heterocycles. The first kappa shape index (κ1) is 15.2. The summed E-state index contributed by atoms with van der Waals surface area (Å²) in [6.07, 6.45) is 0. The molecule has 108 valence electrons. The summed E-state index contributed by atoms with van der Waals surface area (Å²) in [5.41, 5.74) is 0.214. The van der Waals surface area contributed by atoms with Crippen LogP contribution in [0, 0.1) is 11.3 Å². The molecule has 6 nitrogen and oxygen atoms in total. The Labute approximate surface area is 122 Å².